The Bertz CT molecular complexity index is 981. The van der Waals surface area contributed by atoms with Gasteiger partial charge in [-0.2, -0.15) is 5.10 Å². The normalized spacial score (nSPS) is 24.5. The van der Waals surface area contributed by atoms with E-state index in [1.165, 1.54) is 0 Å². The first-order chi connectivity index (χ1) is 14.6. The van der Waals surface area contributed by atoms with Gasteiger partial charge in [0, 0.05) is 23.9 Å². The number of carbonyl (C=O) groups is 1. The highest BCUT2D eigenvalue weighted by atomic mass is 16.5. The maximum absolute atomic E-state index is 13.1. The zero-order chi connectivity index (χ0) is 21.1. The van der Waals surface area contributed by atoms with Crippen LogP contribution >= 0.6 is 0 Å². The van der Waals surface area contributed by atoms with E-state index in [4.69, 9.17) is 9.47 Å². The van der Waals surface area contributed by atoms with Crippen LogP contribution in [-0.4, -0.2) is 34.4 Å². The first-order valence-corrected chi connectivity index (χ1v) is 10.4. The number of aromatic nitrogens is 3. The summed E-state index contributed by atoms with van der Waals surface area (Å²) in [4.78, 5) is 17.2. The molecule has 7 heteroatoms. The Morgan fingerprint density at radius 2 is 2.23 bits per heavy atom. The number of hydrogen-bond acceptors (Lipinski definition) is 5. The Labute approximate surface area is 176 Å². The van der Waals surface area contributed by atoms with Crippen LogP contribution in [0.5, 0.6) is 11.5 Å². The van der Waals surface area contributed by atoms with Crippen LogP contribution in [0.1, 0.15) is 25.5 Å². The van der Waals surface area contributed by atoms with Crippen molar-refractivity contribution in [3.05, 3.63) is 54.7 Å². The minimum absolute atomic E-state index is 0.00224. The molecule has 1 unspecified atom stereocenters. The van der Waals surface area contributed by atoms with Crippen molar-refractivity contribution in [3.63, 3.8) is 0 Å². The van der Waals surface area contributed by atoms with Crippen molar-refractivity contribution in [2.45, 2.75) is 33.2 Å². The molecule has 2 aliphatic carbocycles. The molecule has 1 saturated carbocycles. The van der Waals surface area contributed by atoms with E-state index < -0.39 is 0 Å². The largest absolute Gasteiger partial charge is 0.495 e. The maximum Gasteiger partial charge on any atom is 0.228 e. The number of nitrogens with one attached hydrogen (secondary N) is 1. The molecular formula is C23H28N4O3. The average molecular weight is 409 g/mol. The highest BCUT2D eigenvalue weighted by molar-refractivity contribution is 5.95. The minimum atomic E-state index is -0.224. The molecule has 4 rings (SSSR count). The third-order valence-corrected chi connectivity index (χ3v) is 6.09. The highest BCUT2D eigenvalue weighted by Gasteiger charge is 2.62. The number of anilines is 1. The van der Waals surface area contributed by atoms with Crippen molar-refractivity contribution in [2.75, 3.05) is 19.0 Å². The first kappa shape index (κ1) is 20.2. The van der Waals surface area contributed by atoms with Crippen LogP contribution in [0.2, 0.25) is 0 Å². The molecule has 7 nitrogen and oxygen atoms in total. The van der Waals surface area contributed by atoms with Gasteiger partial charge in [0.25, 0.3) is 0 Å². The Balaban J connectivity index is 1.49. The second-order valence-corrected chi connectivity index (χ2v) is 7.97. The van der Waals surface area contributed by atoms with Gasteiger partial charge in [-0.3, -0.25) is 14.5 Å². The quantitative estimate of drug-likeness (QED) is 0.719. The fraction of sp³-hybridized carbons (Fsp3) is 0.435. The number of methoxy groups -OCH3 is 1. The topological polar surface area (TPSA) is 78.3 Å². The number of hydrogen-bond donors (Lipinski definition) is 1. The van der Waals surface area contributed by atoms with Crippen molar-refractivity contribution in [1.29, 1.82) is 0 Å². The van der Waals surface area contributed by atoms with E-state index in [0.717, 1.165) is 30.8 Å². The zero-order valence-corrected chi connectivity index (χ0v) is 17.7. The van der Waals surface area contributed by atoms with E-state index in [1.54, 1.807) is 25.6 Å². The molecule has 1 N–H and O–H groups in total. The maximum atomic E-state index is 13.1. The molecule has 158 valence electrons. The van der Waals surface area contributed by atoms with Crippen LogP contribution in [0.4, 0.5) is 5.69 Å². The van der Waals surface area contributed by atoms with E-state index in [1.807, 2.05) is 24.7 Å². The first-order valence-electron chi connectivity index (χ1n) is 10.4. The molecule has 0 radical (unpaired) electrons. The lowest BCUT2D eigenvalue weighted by Crippen LogP contribution is -2.29. The lowest BCUT2D eigenvalue weighted by molar-refractivity contribution is -0.118. The van der Waals surface area contributed by atoms with Crippen LogP contribution in [0.15, 0.2) is 49.0 Å². The average Bonchev–Trinajstić information content (AvgIpc) is 3.42. The summed E-state index contributed by atoms with van der Waals surface area (Å²) < 4.78 is 13.3. The summed E-state index contributed by atoms with van der Waals surface area (Å²) in [7, 11) is 1.58. The van der Waals surface area contributed by atoms with Gasteiger partial charge in [0.05, 0.1) is 38.0 Å². The third kappa shape index (κ3) is 3.97. The van der Waals surface area contributed by atoms with Crippen molar-refractivity contribution in [1.82, 2.24) is 14.8 Å². The minimum Gasteiger partial charge on any atom is -0.495 e. The lowest BCUT2D eigenvalue weighted by atomic mass is 9.82. The molecule has 3 atom stereocenters. The van der Waals surface area contributed by atoms with Crippen molar-refractivity contribution in [3.8, 4) is 11.5 Å². The number of aryl methyl sites for hydroxylation is 2. The SMILES string of the molecule is CCn1cc(OC[C@@]2(C3C=CC=CC3)C[C@H]2C(=O)Nc2cncc(OC)c2)c(C)n1. The molecule has 2 aromatic rings. The summed E-state index contributed by atoms with van der Waals surface area (Å²) in [5.74, 6) is 1.55. The predicted octanol–water partition coefficient (Wildman–Crippen LogP) is 3.77. The van der Waals surface area contributed by atoms with Crippen molar-refractivity contribution in [2.24, 2.45) is 17.3 Å². The van der Waals surface area contributed by atoms with Gasteiger partial charge in [-0.1, -0.05) is 24.3 Å². The second kappa shape index (κ2) is 8.34. The molecule has 2 aliphatic rings. The predicted molar refractivity (Wildman–Crippen MR) is 114 cm³/mol. The number of nitrogens with zero attached hydrogens (tertiary/aromatic N) is 3. The molecule has 0 aliphatic heterocycles. The standard InChI is InChI=1S/C23H28N4O3/c1-4-27-14-21(16(2)26-27)30-15-23(17-8-6-5-7-9-17)11-20(23)22(28)25-18-10-19(29-3)13-24-12-18/h5-8,10,12-14,17,20H,4,9,11,15H2,1-3H3,(H,25,28)/t17?,20-,23+/m0/s1. The van der Waals surface area contributed by atoms with Gasteiger partial charge in [-0.05, 0) is 32.6 Å². The lowest BCUT2D eigenvalue weighted by Gasteiger charge is -2.26. The molecule has 30 heavy (non-hydrogen) atoms. The molecule has 0 spiro atoms. The van der Waals surface area contributed by atoms with Gasteiger partial charge in [0.2, 0.25) is 5.91 Å². The fourth-order valence-electron chi connectivity index (χ4n) is 4.20. The van der Waals surface area contributed by atoms with Crippen LogP contribution in [0.3, 0.4) is 0 Å². The summed E-state index contributed by atoms with van der Waals surface area (Å²) in [6, 6.07) is 1.78. The van der Waals surface area contributed by atoms with E-state index in [0.29, 0.717) is 18.0 Å². The number of ether oxygens (including phenoxy) is 2. The van der Waals surface area contributed by atoms with Crippen LogP contribution in [-0.2, 0) is 11.3 Å². The molecule has 0 aromatic carbocycles. The second-order valence-electron chi connectivity index (χ2n) is 7.97. The van der Waals surface area contributed by atoms with Gasteiger partial charge in [0.1, 0.15) is 11.4 Å². The highest BCUT2D eigenvalue weighted by Crippen LogP contribution is 2.60. The summed E-state index contributed by atoms with van der Waals surface area (Å²) in [6.07, 6.45) is 15.4. The van der Waals surface area contributed by atoms with E-state index in [2.05, 4.69) is 39.7 Å². The molecule has 1 fully saturated rings. The number of carbonyl (C=O) groups excluding carboxylic acids is 1. The molecule has 0 saturated heterocycles. The van der Waals surface area contributed by atoms with Crippen molar-refractivity contribution >= 4 is 11.6 Å². The summed E-state index contributed by atoms with van der Waals surface area (Å²) >= 11 is 0. The van der Waals surface area contributed by atoms with E-state index >= 15 is 0 Å². The summed E-state index contributed by atoms with van der Waals surface area (Å²) in [5.41, 5.74) is 1.29. The van der Waals surface area contributed by atoms with Gasteiger partial charge in [-0.15, -0.1) is 0 Å². The Kier molecular flexibility index (Phi) is 5.61. The summed E-state index contributed by atoms with van der Waals surface area (Å²) in [5, 5.41) is 7.46. The van der Waals surface area contributed by atoms with Crippen LogP contribution in [0.25, 0.3) is 0 Å². The molecule has 1 amide bonds. The Morgan fingerprint density at radius 3 is 2.93 bits per heavy atom. The van der Waals surface area contributed by atoms with E-state index in [-0.39, 0.29) is 23.2 Å². The van der Waals surface area contributed by atoms with Gasteiger partial charge in [0.15, 0.2) is 5.75 Å². The summed E-state index contributed by atoms with van der Waals surface area (Å²) in [6.45, 7) is 5.28. The van der Waals surface area contributed by atoms with E-state index in [9.17, 15) is 4.79 Å². The van der Waals surface area contributed by atoms with Gasteiger partial charge in [-0.25, -0.2) is 0 Å². The monoisotopic (exact) mass is 408 g/mol. The zero-order valence-electron chi connectivity index (χ0n) is 17.7. The van der Waals surface area contributed by atoms with Crippen LogP contribution < -0.4 is 14.8 Å². The molecular weight excluding hydrogens is 380 g/mol. The molecule has 2 aromatic heterocycles. The number of amides is 1. The number of pyridine rings is 1. The van der Waals surface area contributed by atoms with Crippen molar-refractivity contribution < 1.29 is 14.3 Å². The number of rotatable bonds is 8. The third-order valence-electron chi connectivity index (χ3n) is 6.09. The molecule has 0 bridgehead atoms. The fourth-order valence-corrected chi connectivity index (χ4v) is 4.20. The van der Waals surface area contributed by atoms with Gasteiger partial charge < -0.3 is 14.8 Å². The Morgan fingerprint density at radius 1 is 1.37 bits per heavy atom. The van der Waals surface area contributed by atoms with Gasteiger partial charge >= 0.3 is 0 Å². The Hall–Kier alpha value is -3.09. The number of allylic oxidation sites excluding steroid dienone is 4. The smallest absolute Gasteiger partial charge is 0.228 e. The molecule has 2 heterocycles. The van der Waals surface area contributed by atoms with Crippen LogP contribution in [0, 0.1) is 24.2 Å².